The van der Waals surface area contributed by atoms with E-state index in [1.165, 1.54) is 4.68 Å². The minimum atomic E-state index is -3.92. The summed E-state index contributed by atoms with van der Waals surface area (Å²) in [5, 5.41) is 11.6. The second kappa shape index (κ2) is 11.2. The second-order valence-corrected chi connectivity index (χ2v) is 9.64. The van der Waals surface area contributed by atoms with E-state index in [0.29, 0.717) is 17.0 Å². The zero-order chi connectivity index (χ0) is 24.7. The summed E-state index contributed by atoms with van der Waals surface area (Å²) < 4.78 is 26.8. The third-order valence-corrected chi connectivity index (χ3v) is 7.42. The lowest BCUT2D eigenvalue weighted by Crippen LogP contribution is -2.34. The maximum absolute atomic E-state index is 14.1. The molecular weight excluding hydrogens is 463 g/mol. The van der Waals surface area contributed by atoms with Crippen LogP contribution in [0.25, 0.3) is 22.5 Å². The van der Waals surface area contributed by atoms with Crippen LogP contribution in [0.3, 0.4) is 0 Å². The Balaban J connectivity index is 1.90. The molecule has 1 unspecified atom stereocenters. The normalized spacial score (nSPS) is 12.3. The van der Waals surface area contributed by atoms with Crippen molar-refractivity contribution >= 4 is 13.5 Å². The van der Waals surface area contributed by atoms with Gasteiger partial charge in [-0.2, -0.15) is 0 Å². The second-order valence-electron chi connectivity index (χ2n) is 7.55. The van der Waals surface area contributed by atoms with Crippen LogP contribution in [-0.2, 0) is 13.6 Å². The van der Waals surface area contributed by atoms with Gasteiger partial charge >= 0.3 is 7.60 Å². The SMILES string of the molecule is CCOP(=O)(OCC)C(NC(=O)c1ccccc1)n1nnc(-c2ccccc2)c1-c1ccccc1. The highest BCUT2D eigenvalue weighted by atomic mass is 31.2. The highest BCUT2D eigenvalue weighted by Crippen LogP contribution is 2.58. The summed E-state index contributed by atoms with van der Waals surface area (Å²) >= 11 is 0. The number of carbonyl (C=O) groups excluding carboxylic acids is 1. The first-order valence-corrected chi connectivity index (χ1v) is 13.0. The number of benzene rings is 3. The molecule has 0 fully saturated rings. The molecule has 1 amide bonds. The number of amides is 1. The van der Waals surface area contributed by atoms with E-state index < -0.39 is 19.4 Å². The fourth-order valence-corrected chi connectivity index (χ4v) is 5.50. The van der Waals surface area contributed by atoms with E-state index in [-0.39, 0.29) is 13.2 Å². The molecule has 9 heteroatoms. The van der Waals surface area contributed by atoms with Gasteiger partial charge in [0.15, 0.2) is 0 Å². The molecule has 1 N–H and O–H groups in total. The Morgan fingerprint density at radius 1 is 0.857 bits per heavy atom. The summed E-state index contributed by atoms with van der Waals surface area (Å²) in [6, 6.07) is 27.7. The van der Waals surface area contributed by atoms with Gasteiger partial charge in [-0.25, -0.2) is 4.68 Å². The zero-order valence-electron chi connectivity index (χ0n) is 19.6. The van der Waals surface area contributed by atoms with Crippen LogP contribution in [0.2, 0.25) is 0 Å². The van der Waals surface area contributed by atoms with Gasteiger partial charge in [0, 0.05) is 16.7 Å². The van der Waals surface area contributed by atoms with Crippen LogP contribution < -0.4 is 5.32 Å². The van der Waals surface area contributed by atoms with Crippen molar-refractivity contribution in [3.63, 3.8) is 0 Å². The molecule has 4 aromatic rings. The Bertz CT molecular complexity index is 1290. The maximum atomic E-state index is 14.1. The van der Waals surface area contributed by atoms with Crippen LogP contribution in [0.15, 0.2) is 91.0 Å². The van der Waals surface area contributed by atoms with Gasteiger partial charge in [-0.05, 0) is 26.0 Å². The molecule has 0 spiro atoms. The number of nitrogens with one attached hydrogen (secondary N) is 1. The first-order chi connectivity index (χ1) is 17.1. The van der Waals surface area contributed by atoms with E-state index in [9.17, 15) is 9.36 Å². The Hall–Kier alpha value is -3.58. The number of nitrogens with zero attached hydrogens (tertiary/aromatic N) is 3. The molecule has 0 aliphatic carbocycles. The molecule has 4 rings (SSSR count). The Labute approximate surface area is 204 Å². The van der Waals surface area contributed by atoms with Crippen LogP contribution in [0.4, 0.5) is 0 Å². The minimum Gasteiger partial charge on any atom is -0.320 e. The average Bonchev–Trinajstić information content (AvgIpc) is 3.33. The van der Waals surface area contributed by atoms with Crippen LogP contribution in [0.5, 0.6) is 0 Å². The molecule has 180 valence electrons. The van der Waals surface area contributed by atoms with E-state index >= 15 is 0 Å². The van der Waals surface area contributed by atoms with Gasteiger partial charge in [0.1, 0.15) is 5.69 Å². The van der Waals surface area contributed by atoms with Crippen molar-refractivity contribution in [2.75, 3.05) is 13.2 Å². The molecule has 35 heavy (non-hydrogen) atoms. The maximum Gasteiger partial charge on any atom is 0.375 e. The van der Waals surface area contributed by atoms with Crippen LogP contribution >= 0.6 is 7.60 Å². The van der Waals surface area contributed by atoms with Gasteiger partial charge in [-0.1, -0.05) is 84.1 Å². The Kier molecular flexibility index (Phi) is 7.87. The fraction of sp³-hybridized carbons (Fsp3) is 0.192. The molecule has 0 aliphatic heterocycles. The van der Waals surface area contributed by atoms with Gasteiger partial charge in [-0.15, -0.1) is 5.10 Å². The highest BCUT2D eigenvalue weighted by molar-refractivity contribution is 7.53. The van der Waals surface area contributed by atoms with E-state index in [1.54, 1.807) is 38.1 Å². The predicted octanol–water partition coefficient (Wildman–Crippen LogP) is 5.76. The number of carbonyl (C=O) groups is 1. The summed E-state index contributed by atoms with van der Waals surface area (Å²) in [5.74, 6) is -1.69. The first kappa shape index (κ1) is 24.5. The van der Waals surface area contributed by atoms with Gasteiger partial charge in [0.2, 0.25) is 5.91 Å². The molecule has 1 heterocycles. The number of hydrogen-bond acceptors (Lipinski definition) is 6. The topological polar surface area (TPSA) is 95.3 Å². The van der Waals surface area contributed by atoms with Crippen LogP contribution in [0.1, 0.15) is 30.1 Å². The van der Waals surface area contributed by atoms with Crippen LogP contribution in [-0.4, -0.2) is 34.1 Å². The highest BCUT2D eigenvalue weighted by Gasteiger charge is 2.41. The Morgan fingerprint density at radius 2 is 1.37 bits per heavy atom. The lowest BCUT2D eigenvalue weighted by atomic mass is 10.0. The van der Waals surface area contributed by atoms with Gasteiger partial charge < -0.3 is 14.4 Å². The number of hydrogen-bond donors (Lipinski definition) is 1. The molecule has 0 saturated heterocycles. The van der Waals surface area contributed by atoms with Gasteiger partial charge in [0.05, 0.1) is 18.9 Å². The lowest BCUT2D eigenvalue weighted by molar-refractivity contribution is 0.0918. The molecule has 3 aromatic carbocycles. The summed E-state index contributed by atoms with van der Waals surface area (Å²) in [7, 11) is -3.92. The van der Waals surface area contributed by atoms with Crippen molar-refractivity contribution in [2.24, 2.45) is 0 Å². The Morgan fingerprint density at radius 3 is 1.91 bits per heavy atom. The molecule has 0 saturated carbocycles. The molecular formula is C26H27N4O4P. The van der Waals surface area contributed by atoms with E-state index in [1.807, 2.05) is 66.7 Å². The number of rotatable bonds is 10. The van der Waals surface area contributed by atoms with Crippen molar-refractivity contribution in [2.45, 2.75) is 19.8 Å². The monoisotopic (exact) mass is 490 g/mol. The van der Waals surface area contributed by atoms with E-state index in [0.717, 1.165) is 11.1 Å². The molecule has 0 aliphatic rings. The summed E-state index contributed by atoms with van der Waals surface area (Å²) in [6.07, 6.45) is 0. The van der Waals surface area contributed by atoms with Crippen LogP contribution in [0, 0.1) is 0 Å². The average molecular weight is 491 g/mol. The molecule has 0 bridgehead atoms. The van der Waals surface area contributed by atoms with Crippen molar-refractivity contribution in [1.29, 1.82) is 0 Å². The lowest BCUT2D eigenvalue weighted by Gasteiger charge is -2.28. The minimum absolute atomic E-state index is 0.121. The quantitative estimate of drug-likeness (QED) is 0.284. The van der Waals surface area contributed by atoms with Crippen molar-refractivity contribution in [1.82, 2.24) is 20.3 Å². The standard InChI is InChI=1S/C26H27N4O4P/c1-3-33-35(32,34-4-2)26(27-25(31)22-18-12-7-13-19-22)30-24(21-16-10-6-11-17-21)23(28-29-30)20-14-8-5-9-15-20/h5-19,26H,3-4H2,1-2H3,(H,27,31). The van der Waals surface area contributed by atoms with Crippen molar-refractivity contribution in [3.8, 4) is 22.5 Å². The van der Waals surface area contributed by atoms with Gasteiger partial charge in [0.25, 0.3) is 5.91 Å². The summed E-state index contributed by atoms with van der Waals surface area (Å²) in [5.41, 5.74) is 3.18. The van der Waals surface area contributed by atoms with Crippen molar-refractivity contribution in [3.05, 3.63) is 96.6 Å². The molecule has 0 radical (unpaired) electrons. The largest absolute Gasteiger partial charge is 0.375 e. The first-order valence-electron chi connectivity index (χ1n) is 11.4. The third kappa shape index (κ3) is 5.41. The smallest absolute Gasteiger partial charge is 0.320 e. The molecule has 8 nitrogen and oxygen atoms in total. The summed E-state index contributed by atoms with van der Waals surface area (Å²) in [6.45, 7) is 3.68. The van der Waals surface area contributed by atoms with Gasteiger partial charge in [-0.3, -0.25) is 9.36 Å². The zero-order valence-corrected chi connectivity index (χ0v) is 20.5. The molecule has 1 aromatic heterocycles. The third-order valence-electron chi connectivity index (χ3n) is 5.23. The van der Waals surface area contributed by atoms with E-state index in [2.05, 4.69) is 15.6 Å². The number of aromatic nitrogens is 3. The van der Waals surface area contributed by atoms with Crippen molar-refractivity contribution < 1.29 is 18.4 Å². The molecule has 1 atom stereocenters. The fourth-order valence-electron chi connectivity index (χ4n) is 3.72. The summed E-state index contributed by atoms with van der Waals surface area (Å²) in [4.78, 5) is 13.2. The van der Waals surface area contributed by atoms with E-state index in [4.69, 9.17) is 9.05 Å². The predicted molar refractivity (Wildman–Crippen MR) is 135 cm³/mol.